The highest BCUT2D eigenvalue weighted by molar-refractivity contribution is 7.10. The summed E-state index contributed by atoms with van der Waals surface area (Å²) in [5.74, 6) is 0.757. The van der Waals surface area contributed by atoms with Crippen LogP contribution in [0.1, 0.15) is 71.2 Å². The minimum Gasteiger partial charge on any atom is -0.345 e. The van der Waals surface area contributed by atoms with Gasteiger partial charge in [0.2, 0.25) is 0 Å². The van der Waals surface area contributed by atoms with E-state index in [0.29, 0.717) is 5.82 Å². The molecule has 1 unspecified atom stereocenters. The molecule has 1 atom stereocenters. The number of amides is 1. The molecule has 0 radical (unpaired) electrons. The van der Waals surface area contributed by atoms with Crippen molar-refractivity contribution in [2.24, 2.45) is 5.41 Å². The molecule has 3 aromatic heterocycles. The van der Waals surface area contributed by atoms with Crippen LogP contribution in [0.4, 0.5) is 0 Å². The van der Waals surface area contributed by atoms with Crippen molar-refractivity contribution in [2.75, 3.05) is 0 Å². The van der Waals surface area contributed by atoms with Gasteiger partial charge in [0.15, 0.2) is 5.82 Å². The Morgan fingerprint density at radius 2 is 2.00 bits per heavy atom. The summed E-state index contributed by atoms with van der Waals surface area (Å²) in [7, 11) is 0. The zero-order chi connectivity index (χ0) is 20.7. The van der Waals surface area contributed by atoms with E-state index in [0.717, 1.165) is 48.1 Å². The summed E-state index contributed by atoms with van der Waals surface area (Å²) in [4.78, 5) is 28.2. The van der Waals surface area contributed by atoms with Crippen LogP contribution in [0.5, 0.6) is 0 Å². The third-order valence-electron chi connectivity index (χ3n) is 6.23. The summed E-state index contributed by atoms with van der Waals surface area (Å²) in [5.41, 5.74) is 5.23. The summed E-state index contributed by atoms with van der Waals surface area (Å²) in [6, 6.07) is 3.78. The van der Waals surface area contributed by atoms with Crippen LogP contribution in [0, 0.1) is 5.41 Å². The second-order valence-electron chi connectivity index (χ2n) is 9.16. The SMILES string of the molecule is CC1(C)Cc2nc(-c3ccncc3)ncc2C(NC(=O)c2csc3c2CCCC3)C1. The van der Waals surface area contributed by atoms with Crippen molar-refractivity contribution in [1.82, 2.24) is 20.3 Å². The molecule has 3 heterocycles. The zero-order valence-electron chi connectivity index (χ0n) is 17.4. The number of pyridine rings is 1. The number of aromatic nitrogens is 3. The van der Waals surface area contributed by atoms with Crippen LogP contribution in [-0.4, -0.2) is 20.9 Å². The quantitative estimate of drug-likeness (QED) is 0.655. The fourth-order valence-electron chi connectivity index (χ4n) is 4.74. The third kappa shape index (κ3) is 3.65. The number of fused-ring (bicyclic) bond motifs is 2. The van der Waals surface area contributed by atoms with Crippen molar-refractivity contribution in [3.05, 3.63) is 63.4 Å². The van der Waals surface area contributed by atoms with Crippen LogP contribution in [0.15, 0.2) is 36.1 Å². The zero-order valence-corrected chi connectivity index (χ0v) is 18.3. The summed E-state index contributed by atoms with van der Waals surface area (Å²) in [5, 5.41) is 5.37. The molecule has 0 spiro atoms. The van der Waals surface area contributed by atoms with Crippen LogP contribution in [0.2, 0.25) is 0 Å². The first-order valence-electron chi connectivity index (χ1n) is 10.7. The molecule has 0 fully saturated rings. The average Bonchev–Trinajstić information content (AvgIpc) is 3.17. The highest BCUT2D eigenvalue weighted by atomic mass is 32.1. The number of hydrogen-bond acceptors (Lipinski definition) is 5. The molecule has 30 heavy (non-hydrogen) atoms. The van der Waals surface area contributed by atoms with E-state index in [1.165, 1.54) is 23.3 Å². The van der Waals surface area contributed by atoms with Gasteiger partial charge in [-0.1, -0.05) is 13.8 Å². The van der Waals surface area contributed by atoms with E-state index in [-0.39, 0.29) is 17.4 Å². The maximum Gasteiger partial charge on any atom is 0.252 e. The lowest BCUT2D eigenvalue weighted by Gasteiger charge is -2.36. The highest BCUT2D eigenvalue weighted by Crippen LogP contribution is 2.40. The highest BCUT2D eigenvalue weighted by Gasteiger charge is 2.35. The predicted octanol–water partition coefficient (Wildman–Crippen LogP) is 4.92. The number of rotatable bonds is 3. The van der Waals surface area contributed by atoms with Crippen molar-refractivity contribution in [1.29, 1.82) is 0 Å². The van der Waals surface area contributed by atoms with E-state index in [1.54, 1.807) is 23.7 Å². The lowest BCUT2D eigenvalue weighted by molar-refractivity contribution is 0.0918. The van der Waals surface area contributed by atoms with E-state index in [4.69, 9.17) is 4.98 Å². The summed E-state index contributed by atoms with van der Waals surface area (Å²) in [6.07, 6.45) is 11.7. The Labute approximate surface area is 181 Å². The largest absolute Gasteiger partial charge is 0.345 e. The molecule has 3 aromatic rings. The number of thiophene rings is 1. The number of aryl methyl sites for hydroxylation is 1. The normalized spacial score (nSPS) is 19.6. The lowest BCUT2D eigenvalue weighted by Crippen LogP contribution is -2.37. The molecule has 2 aliphatic carbocycles. The van der Waals surface area contributed by atoms with Gasteiger partial charge in [-0.05, 0) is 61.6 Å². The van der Waals surface area contributed by atoms with Crippen LogP contribution in [-0.2, 0) is 19.3 Å². The van der Waals surface area contributed by atoms with Gasteiger partial charge in [0, 0.05) is 40.0 Å². The minimum atomic E-state index is -0.0677. The average molecular weight is 419 g/mol. The topological polar surface area (TPSA) is 67.8 Å². The van der Waals surface area contributed by atoms with Gasteiger partial charge in [0.25, 0.3) is 5.91 Å². The third-order valence-corrected chi connectivity index (χ3v) is 7.32. The maximum absolute atomic E-state index is 13.2. The van der Waals surface area contributed by atoms with E-state index < -0.39 is 0 Å². The smallest absolute Gasteiger partial charge is 0.252 e. The van der Waals surface area contributed by atoms with Crippen LogP contribution < -0.4 is 5.32 Å². The standard InChI is InChI=1S/C24H26N4OS/c1-24(2)11-19-17(13-26-22(27-19)15-7-9-25-10-8-15)20(12-24)28-23(29)18-14-30-21-6-4-3-5-16(18)21/h7-10,13-14,20H,3-6,11-12H2,1-2H3,(H,28,29). The molecule has 0 saturated carbocycles. The monoisotopic (exact) mass is 418 g/mol. The second kappa shape index (κ2) is 7.58. The number of nitrogens with zero attached hydrogens (tertiary/aromatic N) is 3. The summed E-state index contributed by atoms with van der Waals surface area (Å²) in [6.45, 7) is 4.49. The van der Waals surface area contributed by atoms with Gasteiger partial charge in [-0.25, -0.2) is 9.97 Å². The molecule has 0 bridgehead atoms. The Bertz CT molecular complexity index is 1090. The van der Waals surface area contributed by atoms with Crippen LogP contribution in [0.3, 0.4) is 0 Å². The van der Waals surface area contributed by atoms with Crippen LogP contribution in [0.25, 0.3) is 11.4 Å². The Balaban J connectivity index is 1.45. The minimum absolute atomic E-state index is 0.0428. The van der Waals surface area contributed by atoms with E-state index in [2.05, 4.69) is 29.1 Å². The molecule has 2 aliphatic rings. The first-order chi connectivity index (χ1) is 14.5. The van der Waals surface area contributed by atoms with Crippen molar-refractivity contribution in [3.63, 3.8) is 0 Å². The first-order valence-corrected chi connectivity index (χ1v) is 11.5. The number of carbonyl (C=O) groups excluding carboxylic acids is 1. The van der Waals surface area contributed by atoms with Gasteiger partial charge >= 0.3 is 0 Å². The molecule has 0 aromatic carbocycles. The van der Waals surface area contributed by atoms with Gasteiger partial charge in [0.05, 0.1) is 17.3 Å². The van der Waals surface area contributed by atoms with Gasteiger partial charge in [-0.3, -0.25) is 9.78 Å². The number of hydrogen-bond donors (Lipinski definition) is 1. The molecular weight excluding hydrogens is 392 g/mol. The van der Waals surface area contributed by atoms with Gasteiger partial charge in [0.1, 0.15) is 0 Å². The first kappa shape index (κ1) is 19.4. The number of nitrogens with one attached hydrogen (secondary N) is 1. The maximum atomic E-state index is 13.2. The van der Waals surface area contributed by atoms with Gasteiger partial charge < -0.3 is 5.32 Å². The van der Waals surface area contributed by atoms with Crippen molar-refractivity contribution >= 4 is 17.2 Å². The Morgan fingerprint density at radius 3 is 2.83 bits per heavy atom. The molecular formula is C24H26N4OS. The fourth-order valence-corrected chi connectivity index (χ4v) is 5.86. The molecule has 0 aliphatic heterocycles. The van der Waals surface area contributed by atoms with Crippen LogP contribution >= 0.6 is 11.3 Å². The molecule has 5 rings (SSSR count). The molecule has 1 amide bonds. The van der Waals surface area contributed by atoms with Crippen molar-refractivity contribution < 1.29 is 4.79 Å². The van der Waals surface area contributed by atoms with Crippen molar-refractivity contribution in [2.45, 2.75) is 58.4 Å². The van der Waals surface area contributed by atoms with E-state index >= 15 is 0 Å². The molecule has 154 valence electrons. The predicted molar refractivity (Wildman–Crippen MR) is 119 cm³/mol. The number of carbonyl (C=O) groups is 1. The molecule has 6 heteroatoms. The fraction of sp³-hybridized carbons (Fsp3) is 0.417. The lowest BCUT2D eigenvalue weighted by atomic mass is 9.74. The molecule has 5 nitrogen and oxygen atoms in total. The Kier molecular flexibility index (Phi) is 4.89. The van der Waals surface area contributed by atoms with E-state index in [9.17, 15) is 4.79 Å². The second-order valence-corrected chi connectivity index (χ2v) is 10.1. The summed E-state index contributed by atoms with van der Waals surface area (Å²) >= 11 is 1.74. The Hall–Kier alpha value is -2.60. The van der Waals surface area contributed by atoms with Gasteiger partial charge in [-0.2, -0.15) is 0 Å². The Morgan fingerprint density at radius 1 is 1.20 bits per heavy atom. The van der Waals surface area contributed by atoms with Gasteiger partial charge in [-0.15, -0.1) is 11.3 Å². The summed E-state index contributed by atoms with van der Waals surface area (Å²) < 4.78 is 0. The molecule has 0 saturated heterocycles. The van der Waals surface area contributed by atoms with Crippen molar-refractivity contribution in [3.8, 4) is 11.4 Å². The van der Waals surface area contributed by atoms with E-state index in [1.807, 2.05) is 23.7 Å². The molecule has 1 N–H and O–H groups in total.